The van der Waals surface area contributed by atoms with Crippen molar-refractivity contribution in [1.82, 2.24) is 0 Å². The van der Waals surface area contributed by atoms with Gasteiger partial charge in [0.1, 0.15) is 5.69 Å². The molecule has 0 unspecified atom stereocenters. The van der Waals surface area contributed by atoms with Crippen LogP contribution >= 0.6 is 15.9 Å². The summed E-state index contributed by atoms with van der Waals surface area (Å²) >= 11 is 3.38. The molecule has 0 spiro atoms. The number of nitrogens with one attached hydrogen (secondary N) is 2. The average molecular weight is 406 g/mol. The van der Waals surface area contributed by atoms with Gasteiger partial charge in [0, 0.05) is 21.8 Å². The van der Waals surface area contributed by atoms with E-state index in [4.69, 9.17) is 0 Å². The summed E-state index contributed by atoms with van der Waals surface area (Å²) in [7, 11) is 0. The lowest BCUT2D eigenvalue weighted by molar-refractivity contribution is -0.384. The number of nitrogens with zero attached hydrogens (tertiary/aromatic N) is 1. The molecule has 0 radical (unpaired) electrons. The Morgan fingerprint density at radius 2 is 1.92 bits per heavy atom. The molecule has 2 rings (SSSR count). The number of halogens is 1. The first-order valence-electron chi connectivity index (χ1n) is 7.37. The molecule has 1 amide bonds. The topological polar surface area (TPSA) is 101 Å². The third kappa shape index (κ3) is 4.87. The molecular formula is C17H16BrN3O4. The van der Waals surface area contributed by atoms with Gasteiger partial charge in [-0.05, 0) is 49.7 Å². The maximum atomic E-state index is 12.0. The van der Waals surface area contributed by atoms with Crippen molar-refractivity contribution in [1.29, 1.82) is 0 Å². The lowest BCUT2D eigenvalue weighted by Gasteiger charge is -2.10. The number of anilines is 2. The lowest BCUT2D eigenvalue weighted by atomic mass is 10.1. The fourth-order valence-corrected chi connectivity index (χ4v) is 2.40. The Kier molecular flexibility index (Phi) is 5.87. The van der Waals surface area contributed by atoms with E-state index >= 15 is 0 Å². The van der Waals surface area contributed by atoms with Gasteiger partial charge >= 0.3 is 0 Å². The maximum absolute atomic E-state index is 12.0. The summed E-state index contributed by atoms with van der Waals surface area (Å²) in [5.74, 6) is -0.607. The zero-order chi connectivity index (χ0) is 18.6. The molecule has 0 aliphatic heterocycles. The number of nitro groups is 1. The van der Waals surface area contributed by atoms with Crippen molar-refractivity contribution < 1.29 is 14.5 Å². The monoisotopic (exact) mass is 405 g/mol. The Balaban J connectivity index is 2.07. The molecular weight excluding hydrogens is 390 g/mol. The summed E-state index contributed by atoms with van der Waals surface area (Å²) in [5, 5.41) is 16.6. The number of carbonyl (C=O) groups is 2. The standard InChI is InChI=1S/C17H16BrN3O4/c1-10-7-13(4-5-14(10)18)20-17(23)9-19-15-6-3-12(11(2)22)8-16(15)21(24)25/h3-8,19H,9H2,1-2H3,(H,20,23). The van der Waals surface area contributed by atoms with Crippen molar-refractivity contribution in [3.63, 3.8) is 0 Å². The number of Topliss-reactive ketones (excluding diaryl/α,β-unsaturated/α-hetero) is 1. The van der Waals surface area contributed by atoms with Gasteiger partial charge in [-0.2, -0.15) is 0 Å². The van der Waals surface area contributed by atoms with Crippen LogP contribution < -0.4 is 10.6 Å². The number of nitro benzene ring substituents is 1. The third-order valence-electron chi connectivity index (χ3n) is 3.48. The highest BCUT2D eigenvalue weighted by atomic mass is 79.9. The van der Waals surface area contributed by atoms with Crippen LogP contribution in [0.5, 0.6) is 0 Å². The minimum absolute atomic E-state index is 0.143. The molecule has 25 heavy (non-hydrogen) atoms. The van der Waals surface area contributed by atoms with Crippen LogP contribution in [0.3, 0.4) is 0 Å². The van der Waals surface area contributed by atoms with Crippen molar-refractivity contribution in [2.45, 2.75) is 13.8 Å². The van der Waals surface area contributed by atoms with Crippen molar-refractivity contribution in [2.75, 3.05) is 17.2 Å². The second-order valence-electron chi connectivity index (χ2n) is 5.41. The van der Waals surface area contributed by atoms with Gasteiger partial charge in [0.25, 0.3) is 5.69 Å². The molecule has 130 valence electrons. The van der Waals surface area contributed by atoms with E-state index in [1.807, 2.05) is 19.1 Å². The van der Waals surface area contributed by atoms with Crippen molar-refractivity contribution >= 4 is 44.7 Å². The molecule has 0 bridgehead atoms. The van der Waals surface area contributed by atoms with Crippen LogP contribution in [-0.2, 0) is 4.79 Å². The number of carbonyl (C=O) groups excluding carboxylic acids is 2. The van der Waals surface area contributed by atoms with Gasteiger partial charge in [0.15, 0.2) is 5.78 Å². The highest BCUT2D eigenvalue weighted by Crippen LogP contribution is 2.26. The highest BCUT2D eigenvalue weighted by Gasteiger charge is 2.16. The van der Waals surface area contributed by atoms with Gasteiger partial charge in [-0.25, -0.2) is 0 Å². The van der Waals surface area contributed by atoms with E-state index in [0.717, 1.165) is 10.0 Å². The zero-order valence-corrected chi connectivity index (χ0v) is 15.2. The first kappa shape index (κ1) is 18.6. The van der Waals surface area contributed by atoms with Gasteiger partial charge in [-0.15, -0.1) is 0 Å². The molecule has 0 aromatic heterocycles. The summed E-state index contributed by atoms with van der Waals surface area (Å²) in [6.45, 7) is 3.09. The van der Waals surface area contributed by atoms with Crippen molar-refractivity contribution in [2.24, 2.45) is 0 Å². The second-order valence-corrected chi connectivity index (χ2v) is 6.27. The van der Waals surface area contributed by atoms with Gasteiger partial charge in [0.05, 0.1) is 11.5 Å². The SMILES string of the molecule is CC(=O)c1ccc(NCC(=O)Nc2ccc(Br)c(C)c2)c([N+](=O)[O-])c1. The van der Waals surface area contributed by atoms with E-state index in [2.05, 4.69) is 26.6 Å². The molecule has 0 heterocycles. The van der Waals surface area contributed by atoms with E-state index in [0.29, 0.717) is 5.69 Å². The molecule has 2 N–H and O–H groups in total. The summed E-state index contributed by atoms with van der Waals surface area (Å²) in [5.41, 5.74) is 1.78. The number of aryl methyl sites for hydroxylation is 1. The Morgan fingerprint density at radius 3 is 2.52 bits per heavy atom. The molecule has 0 aliphatic rings. The van der Waals surface area contributed by atoms with Crippen LogP contribution in [0.1, 0.15) is 22.8 Å². The molecule has 0 fully saturated rings. The van der Waals surface area contributed by atoms with E-state index in [1.165, 1.54) is 25.1 Å². The molecule has 0 saturated heterocycles. The van der Waals surface area contributed by atoms with Gasteiger partial charge in [-0.1, -0.05) is 15.9 Å². The van der Waals surface area contributed by atoms with Crippen LogP contribution in [0.25, 0.3) is 0 Å². The van der Waals surface area contributed by atoms with E-state index in [1.54, 1.807) is 6.07 Å². The molecule has 8 heteroatoms. The smallest absolute Gasteiger partial charge is 0.293 e. The minimum atomic E-state index is -0.592. The first-order chi connectivity index (χ1) is 11.8. The van der Waals surface area contributed by atoms with Crippen LogP contribution in [0.2, 0.25) is 0 Å². The van der Waals surface area contributed by atoms with E-state index in [-0.39, 0.29) is 35.2 Å². The summed E-state index contributed by atoms with van der Waals surface area (Å²) < 4.78 is 0.935. The van der Waals surface area contributed by atoms with Crippen molar-refractivity contribution in [3.8, 4) is 0 Å². The van der Waals surface area contributed by atoms with Crippen LogP contribution in [0, 0.1) is 17.0 Å². The first-order valence-corrected chi connectivity index (χ1v) is 8.16. The number of benzene rings is 2. The number of ketones is 1. The fourth-order valence-electron chi connectivity index (χ4n) is 2.15. The molecule has 0 saturated carbocycles. The Morgan fingerprint density at radius 1 is 1.20 bits per heavy atom. The lowest BCUT2D eigenvalue weighted by Crippen LogP contribution is -2.22. The van der Waals surface area contributed by atoms with E-state index < -0.39 is 4.92 Å². The Bertz CT molecular complexity index is 852. The minimum Gasteiger partial charge on any atom is -0.371 e. The predicted octanol–water partition coefficient (Wildman–Crippen LogP) is 3.92. The summed E-state index contributed by atoms with van der Waals surface area (Å²) in [4.78, 5) is 33.9. The molecule has 0 atom stereocenters. The summed E-state index contributed by atoms with van der Waals surface area (Å²) in [6.07, 6.45) is 0. The Labute approximate surface area is 152 Å². The van der Waals surface area contributed by atoms with Gasteiger partial charge in [0.2, 0.25) is 5.91 Å². The largest absolute Gasteiger partial charge is 0.371 e. The Hall–Kier alpha value is -2.74. The molecule has 0 aliphatic carbocycles. The third-order valence-corrected chi connectivity index (χ3v) is 4.37. The average Bonchev–Trinajstić information content (AvgIpc) is 2.56. The molecule has 2 aromatic carbocycles. The van der Waals surface area contributed by atoms with Gasteiger partial charge < -0.3 is 10.6 Å². The second kappa shape index (κ2) is 7.89. The van der Waals surface area contributed by atoms with Crippen LogP contribution in [-0.4, -0.2) is 23.2 Å². The number of rotatable bonds is 6. The maximum Gasteiger partial charge on any atom is 0.293 e. The van der Waals surface area contributed by atoms with Crippen LogP contribution in [0.15, 0.2) is 40.9 Å². The highest BCUT2D eigenvalue weighted by molar-refractivity contribution is 9.10. The molecule has 2 aromatic rings. The number of hydrogen-bond donors (Lipinski definition) is 2. The number of amides is 1. The predicted molar refractivity (Wildman–Crippen MR) is 99.1 cm³/mol. The zero-order valence-electron chi connectivity index (χ0n) is 13.6. The van der Waals surface area contributed by atoms with Crippen LogP contribution in [0.4, 0.5) is 17.1 Å². The van der Waals surface area contributed by atoms with Gasteiger partial charge in [-0.3, -0.25) is 19.7 Å². The van der Waals surface area contributed by atoms with Crippen molar-refractivity contribution in [3.05, 3.63) is 62.1 Å². The molecule has 7 nitrogen and oxygen atoms in total. The summed E-state index contributed by atoms with van der Waals surface area (Å²) in [6, 6.07) is 9.48. The normalized spacial score (nSPS) is 10.2. The fraction of sp³-hybridized carbons (Fsp3) is 0.176. The number of hydrogen-bond acceptors (Lipinski definition) is 5. The van der Waals surface area contributed by atoms with E-state index in [9.17, 15) is 19.7 Å². The quantitative estimate of drug-likeness (QED) is 0.430.